The van der Waals surface area contributed by atoms with Gasteiger partial charge in [0.1, 0.15) is 5.75 Å². The standard InChI is InChI=1S/C20H26N2O4S/c1-4-16(2)21-20(23)14-15-22(27(3,24)25)18-12-8-9-13-19(18)26-17-10-6-5-7-11-17/h5-13,16H,4,14-15H2,1-3H3,(H,21,23). The van der Waals surface area contributed by atoms with Crippen molar-refractivity contribution in [3.05, 3.63) is 54.6 Å². The summed E-state index contributed by atoms with van der Waals surface area (Å²) in [7, 11) is -3.59. The van der Waals surface area contributed by atoms with Crippen molar-refractivity contribution in [3.8, 4) is 11.5 Å². The van der Waals surface area contributed by atoms with Crippen LogP contribution in [0.1, 0.15) is 26.7 Å². The van der Waals surface area contributed by atoms with Gasteiger partial charge < -0.3 is 10.1 Å². The molecule has 0 saturated carbocycles. The van der Waals surface area contributed by atoms with Gasteiger partial charge in [-0.2, -0.15) is 0 Å². The van der Waals surface area contributed by atoms with Crippen LogP contribution in [0.25, 0.3) is 0 Å². The summed E-state index contributed by atoms with van der Waals surface area (Å²) in [5.74, 6) is 0.837. The predicted molar refractivity (Wildman–Crippen MR) is 108 cm³/mol. The molecule has 1 N–H and O–H groups in total. The van der Waals surface area contributed by atoms with Gasteiger partial charge >= 0.3 is 0 Å². The number of nitrogens with one attached hydrogen (secondary N) is 1. The van der Waals surface area contributed by atoms with Gasteiger partial charge in [0.25, 0.3) is 0 Å². The molecule has 1 atom stereocenters. The number of nitrogens with zero attached hydrogens (tertiary/aromatic N) is 1. The average molecular weight is 391 g/mol. The fourth-order valence-electron chi connectivity index (χ4n) is 2.48. The number of hydrogen-bond acceptors (Lipinski definition) is 4. The molecular formula is C20H26N2O4S. The highest BCUT2D eigenvalue weighted by Gasteiger charge is 2.22. The molecule has 27 heavy (non-hydrogen) atoms. The lowest BCUT2D eigenvalue weighted by Crippen LogP contribution is -2.37. The van der Waals surface area contributed by atoms with E-state index in [0.29, 0.717) is 17.2 Å². The third-order valence-electron chi connectivity index (χ3n) is 4.07. The molecule has 0 saturated heterocycles. The second kappa shape index (κ2) is 9.41. The van der Waals surface area contributed by atoms with Crippen molar-refractivity contribution in [1.82, 2.24) is 5.32 Å². The van der Waals surface area contributed by atoms with Crippen LogP contribution in [-0.4, -0.2) is 33.2 Å². The zero-order chi connectivity index (χ0) is 19.9. The van der Waals surface area contributed by atoms with Crippen molar-refractivity contribution in [2.75, 3.05) is 17.1 Å². The predicted octanol–water partition coefficient (Wildman–Crippen LogP) is 3.55. The molecule has 0 aliphatic carbocycles. The number of hydrogen-bond donors (Lipinski definition) is 1. The first-order valence-electron chi connectivity index (χ1n) is 8.90. The molecule has 1 amide bonds. The van der Waals surface area contributed by atoms with E-state index in [0.717, 1.165) is 12.7 Å². The molecule has 0 aliphatic rings. The second-order valence-corrected chi connectivity index (χ2v) is 8.25. The number of amides is 1. The monoisotopic (exact) mass is 390 g/mol. The van der Waals surface area contributed by atoms with Crippen LogP contribution in [0.4, 0.5) is 5.69 Å². The molecule has 0 aromatic heterocycles. The Hall–Kier alpha value is -2.54. The average Bonchev–Trinajstić information content (AvgIpc) is 2.63. The van der Waals surface area contributed by atoms with E-state index < -0.39 is 10.0 Å². The fraction of sp³-hybridized carbons (Fsp3) is 0.350. The molecule has 6 nitrogen and oxygen atoms in total. The molecule has 2 aromatic rings. The molecule has 0 radical (unpaired) electrons. The minimum absolute atomic E-state index is 0.0380. The van der Waals surface area contributed by atoms with Crippen molar-refractivity contribution in [2.45, 2.75) is 32.7 Å². The number of carbonyl (C=O) groups is 1. The fourth-order valence-corrected chi connectivity index (χ4v) is 3.41. The molecule has 2 rings (SSSR count). The van der Waals surface area contributed by atoms with Gasteiger partial charge in [-0.3, -0.25) is 9.10 Å². The maximum atomic E-state index is 12.4. The highest BCUT2D eigenvalue weighted by molar-refractivity contribution is 7.92. The van der Waals surface area contributed by atoms with Gasteiger partial charge in [0.15, 0.2) is 5.75 Å². The topological polar surface area (TPSA) is 75.7 Å². The maximum Gasteiger partial charge on any atom is 0.232 e. The highest BCUT2D eigenvalue weighted by Crippen LogP contribution is 2.33. The molecule has 146 valence electrons. The molecule has 0 heterocycles. The smallest absolute Gasteiger partial charge is 0.232 e. The number of carbonyl (C=O) groups excluding carboxylic acids is 1. The number of benzene rings is 2. The molecule has 2 aromatic carbocycles. The van der Waals surface area contributed by atoms with Gasteiger partial charge in [-0.1, -0.05) is 37.3 Å². The van der Waals surface area contributed by atoms with Crippen LogP contribution in [0.3, 0.4) is 0 Å². The molecular weight excluding hydrogens is 364 g/mol. The molecule has 0 fully saturated rings. The third kappa shape index (κ3) is 6.29. The van der Waals surface area contributed by atoms with Crippen molar-refractivity contribution >= 4 is 21.6 Å². The Morgan fingerprint density at radius 3 is 2.37 bits per heavy atom. The van der Waals surface area contributed by atoms with E-state index in [4.69, 9.17) is 4.74 Å². The van der Waals surface area contributed by atoms with Gasteiger partial charge in [-0.05, 0) is 37.6 Å². The number of anilines is 1. The van der Waals surface area contributed by atoms with Gasteiger partial charge in [0.2, 0.25) is 15.9 Å². The molecule has 0 spiro atoms. The first-order chi connectivity index (χ1) is 12.8. The zero-order valence-corrected chi connectivity index (χ0v) is 16.7. The maximum absolute atomic E-state index is 12.4. The summed E-state index contributed by atoms with van der Waals surface area (Å²) in [5, 5.41) is 2.85. The van der Waals surface area contributed by atoms with E-state index >= 15 is 0 Å². The van der Waals surface area contributed by atoms with E-state index in [-0.39, 0.29) is 24.9 Å². The Labute approximate surface area is 161 Å². The van der Waals surface area contributed by atoms with Crippen molar-refractivity contribution in [3.63, 3.8) is 0 Å². The Balaban J connectivity index is 2.23. The SMILES string of the molecule is CCC(C)NC(=O)CCN(c1ccccc1Oc1ccccc1)S(C)(=O)=O. The summed E-state index contributed by atoms with van der Waals surface area (Å²) >= 11 is 0. The number of sulfonamides is 1. The minimum Gasteiger partial charge on any atom is -0.455 e. The largest absolute Gasteiger partial charge is 0.455 e. The van der Waals surface area contributed by atoms with Crippen LogP contribution in [0.5, 0.6) is 11.5 Å². The first kappa shape index (κ1) is 20.8. The zero-order valence-electron chi connectivity index (χ0n) is 15.9. The number of ether oxygens (including phenoxy) is 1. The quantitative estimate of drug-likeness (QED) is 0.710. The minimum atomic E-state index is -3.59. The van der Waals surface area contributed by atoms with E-state index in [2.05, 4.69) is 5.32 Å². The van der Waals surface area contributed by atoms with Crippen molar-refractivity contribution in [1.29, 1.82) is 0 Å². The van der Waals surface area contributed by atoms with E-state index in [9.17, 15) is 13.2 Å². The Morgan fingerprint density at radius 2 is 1.74 bits per heavy atom. The summed E-state index contributed by atoms with van der Waals surface area (Å²) in [6.07, 6.45) is 2.01. The highest BCUT2D eigenvalue weighted by atomic mass is 32.2. The van der Waals surface area contributed by atoms with Crippen LogP contribution in [0, 0.1) is 0 Å². The summed E-state index contributed by atoms with van der Waals surface area (Å²) in [6, 6.07) is 16.1. The van der Waals surface area contributed by atoms with Crippen molar-refractivity contribution < 1.29 is 17.9 Å². The Morgan fingerprint density at radius 1 is 1.11 bits per heavy atom. The summed E-state index contributed by atoms with van der Waals surface area (Å²) in [4.78, 5) is 12.1. The molecule has 0 bridgehead atoms. The van der Waals surface area contributed by atoms with E-state index in [1.54, 1.807) is 36.4 Å². The second-order valence-electron chi connectivity index (χ2n) is 6.34. The van der Waals surface area contributed by atoms with Gasteiger partial charge in [0, 0.05) is 19.0 Å². The van der Waals surface area contributed by atoms with Crippen LogP contribution < -0.4 is 14.4 Å². The lowest BCUT2D eigenvalue weighted by Gasteiger charge is -2.24. The van der Waals surface area contributed by atoms with Crippen LogP contribution in [0.15, 0.2) is 54.6 Å². The van der Waals surface area contributed by atoms with Crippen LogP contribution >= 0.6 is 0 Å². The lowest BCUT2D eigenvalue weighted by atomic mass is 10.2. The Kier molecular flexibility index (Phi) is 7.24. The van der Waals surface area contributed by atoms with Crippen LogP contribution in [0.2, 0.25) is 0 Å². The normalized spacial score (nSPS) is 12.3. The van der Waals surface area contributed by atoms with Crippen LogP contribution in [-0.2, 0) is 14.8 Å². The third-order valence-corrected chi connectivity index (χ3v) is 5.25. The van der Waals surface area contributed by atoms with E-state index in [1.807, 2.05) is 32.0 Å². The summed E-state index contributed by atoms with van der Waals surface area (Å²) in [6.45, 7) is 3.93. The van der Waals surface area contributed by atoms with E-state index in [1.165, 1.54) is 4.31 Å². The van der Waals surface area contributed by atoms with Crippen molar-refractivity contribution in [2.24, 2.45) is 0 Å². The summed E-state index contributed by atoms with van der Waals surface area (Å²) in [5.41, 5.74) is 0.403. The van der Waals surface area contributed by atoms with Gasteiger partial charge in [-0.25, -0.2) is 8.42 Å². The van der Waals surface area contributed by atoms with Gasteiger partial charge in [-0.15, -0.1) is 0 Å². The Bertz CT molecular complexity index is 853. The summed E-state index contributed by atoms with van der Waals surface area (Å²) < 4.78 is 31.8. The molecule has 1 unspecified atom stereocenters. The van der Waals surface area contributed by atoms with Gasteiger partial charge in [0.05, 0.1) is 11.9 Å². The first-order valence-corrected chi connectivity index (χ1v) is 10.7. The number of rotatable bonds is 9. The molecule has 0 aliphatic heterocycles. The lowest BCUT2D eigenvalue weighted by molar-refractivity contribution is -0.121. The molecule has 7 heteroatoms. The number of para-hydroxylation sites is 3.